The van der Waals surface area contributed by atoms with Gasteiger partial charge < -0.3 is 0 Å². The second kappa shape index (κ2) is 7.82. The molecule has 0 saturated heterocycles. The molecule has 4 rings (SSSR count). The van der Waals surface area contributed by atoms with Crippen molar-refractivity contribution in [3.63, 3.8) is 0 Å². The minimum absolute atomic E-state index is 0.295. The Morgan fingerprint density at radius 1 is 1.03 bits per heavy atom. The number of nitrogens with one attached hydrogen (secondary N) is 2. The lowest BCUT2D eigenvalue weighted by atomic mass is 10.1. The zero-order valence-corrected chi connectivity index (χ0v) is 17.0. The predicted octanol–water partition coefficient (Wildman–Crippen LogP) is 2.53. The van der Waals surface area contributed by atoms with Crippen molar-refractivity contribution in [3.05, 3.63) is 91.6 Å². The minimum atomic E-state index is -0.512. The number of nitrogens with zero attached hydrogens (tertiary/aromatic N) is 4. The fraction of sp³-hybridized carbons (Fsp3) is 0.182. The average Bonchev–Trinajstić information content (AvgIpc) is 3.08. The first-order valence-electron chi connectivity index (χ1n) is 9.53. The maximum atomic E-state index is 12.6. The lowest BCUT2D eigenvalue weighted by molar-refractivity contribution is 0.808. The Labute approximate surface area is 172 Å². The molecule has 2 aromatic carbocycles. The van der Waals surface area contributed by atoms with Gasteiger partial charge in [-0.3, -0.25) is 18.9 Å². The van der Waals surface area contributed by atoms with Gasteiger partial charge in [-0.1, -0.05) is 59.7 Å². The van der Waals surface area contributed by atoms with Gasteiger partial charge in [0.1, 0.15) is 0 Å². The van der Waals surface area contributed by atoms with E-state index in [4.69, 9.17) is 0 Å². The Hall–Kier alpha value is -3.94. The van der Waals surface area contributed by atoms with Crippen molar-refractivity contribution in [1.82, 2.24) is 19.1 Å². The third-order valence-corrected chi connectivity index (χ3v) is 4.92. The quantitative estimate of drug-likeness (QED) is 0.396. The van der Waals surface area contributed by atoms with Crippen LogP contribution >= 0.6 is 0 Å². The first-order valence-corrected chi connectivity index (χ1v) is 9.53. The molecule has 152 valence electrons. The average molecular weight is 402 g/mol. The van der Waals surface area contributed by atoms with Gasteiger partial charge in [0, 0.05) is 7.05 Å². The monoisotopic (exact) mass is 402 g/mol. The van der Waals surface area contributed by atoms with Crippen molar-refractivity contribution in [3.8, 4) is 0 Å². The van der Waals surface area contributed by atoms with Crippen molar-refractivity contribution in [2.24, 2.45) is 12.1 Å². The topological polar surface area (TPSA) is 97.1 Å². The fourth-order valence-corrected chi connectivity index (χ4v) is 3.17. The lowest BCUT2D eigenvalue weighted by Crippen LogP contribution is -2.29. The number of fused-ring (bicyclic) bond motifs is 1. The molecule has 8 heteroatoms. The van der Waals surface area contributed by atoms with Gasteiger partial charge in [0.2, 0.25) is 5.95 Å². The molecule has 0 aliphatic carbocycles. The molecule has 0 saturated carbocycles. The summed E-state index contributed by atoms with van der Waals surface area (Å²) in [5, 5.41) is 4.28. The summed E-state index contributed by atoms with van der Waals surface area (Å²) in [4.78, 5) is 31.4. The molecule has 0 fully saturated rings. The summed E-state index contributed by atoms with van der Waals surface area (Å²) in [5.41, 5.74) is 6.78. The predicted molar refractivity (Wildman–Crippen MR) is 118 cm³/mol. The number of anilines is 1. The second-order valence-electron chi connectivity index (χ2n) is 7.28. The van der Waals surface area contributed by atoms with Crippen molar-refractivity contribution in [2.75, 3.05) is 5.43 Å². The van der Waals surface area contributed by atoms with Gasteiger partial charge in [-0.25, -0.2) is 10.2 Å². The summed E-state index contributed by atoms with van der Waals surface area (Å²) in [6, 6.07) is 15.9. The molecule has 0 atom stereocenters. The Balaban J connectivity index is 1.77. The fourth-order valence-electron chi connectivity index (χ4n) is 3.17. The first kappa shape index (κ1) is 19.4. The molecule has 2 N–H and O–H groups in total. The number of rotatable bonds is 5. The minimum Gasteiger partial charge on any atom is -0.298 e. The third kappa shape index (κ3) is 3.80. The Kier molecular flexibility index (Phi) is 5.05. The van der Waals surface area contributed by atoms with Crippen LogP contribution in [0.5, 0.6) is 0 Å². The number of hydrazone groups is 1. The molecular weight excluding hydrogens is 380 g/mol. The molecule has 2 aromatic heterocycles. The van der Waals surface area contributed by atoms with E-state index in [0.717, 1.165) is 16.7 Å². The number of imidazole rings is 1. The van der Waals surface area contributed by atoms with Gasteiger partial charge in [-0.15, -0.1) is 0 Å². The summed E-state index contributed by atoms with van der Waals surface area (Å²) in [6.45, 7) is 4.44. The summed E-state index contributed by atoms with van der Waals surface area (Å²) >= 11 is 0. The molecule has 0 aliphatic heterocycles. The SMILES string of the molecule is Cc1ccc(/C=N\Nc2nc3c(c(=O)[nH]c(=O)n3C)n2Cc2ccc(C)cc2)cc1. The maximum Gasteiger partial charge on any atom is 0.329 e. The van der Waals surface area contributed by atoms with Crippen LogP contribution in [0, 0.1) is 13.8 Å². The van der Waals surface area contributed by atoms with E-state index in [1.807, 2.05) is 62.4 Å². The van der Waals surface area contributed by atoms with E-state index in [1.165, 1.54) is 10.1 Å². The van der Waals surface area contributed by atoms with Crippen LogP contribution in [0.25, 0.3) is 11.2 Å². The Morgan fingerprint density at radius 2 is 1.67 bits per heavy atom. The summed E-state index contributed by atoms with van der Waals surface area (Å²) in [5.74, 6) is 0.376. The van der Waals surface area contributed by atoms with Gasteiger partial charge in [0.05, 0.1) is 12.8 Å². The number of aromatic nitrogens is 4. The van der Waals surface area contributed by atoms with Crippen LogP contribution in [-0.2, 0) is 13.6 Å². The van der Waals surface area contributed by atoms with Crippen molar-refractivity contribution < 1.29 is 0 Å². The van der Waals surface area contributed by atoms with Crippen molar-refractivity contribution in [2.45, 2.75) is 20.4 Å². The number of H-pyrrole nitrogens is 1. The van der Waals surface area contributed by atoms with E-state index in [2.05, 4.69) is 20.5 Å². The normalized spacial score (nSPS) is 11.4. The number of aromatic amines is 1. The van der Waals surface area contributed by atoms with Crippen molar-refractivity contribution in [1.29, 1.82) is 0 Å². The highest BCUT2D eigenvalue weighted by atomic mass is 16.2. The maximum absolute atomic E-state index is 12.6. The standard InChI is InChI=1S/C22H22N6O2/c1-14-4-8-16(9-5-14)12-23-26-21-24-19-18(20(29)25-22(30)27(19)3)28(21)13-17-10-6-15(2)7-11-17/h4-12H,13H2,1-3H3,(H,24,26)(H,25,29,30)/b23-12-. The van der Waals surface area contributed by atoms with Gasteiger partial charge in [0.25, 0.3) is 5.56 Å². The number of aryl methyl sites for hydroxylation is 3. The van der Waals surface area contributed by atoms with E-state index in [-0.39, 0.29) is 0 Å². The zero-order valence-electron chi connectivity index (χ0n) is 17.0. The van der Waals surface area contributed by atoms with E-state index < -0.39 is 11.2 Å². The summed E-state index contributed by atoms with van der Waals surface area (Å²) in [6.07, 6.45) is 1.68. The number of hydrogen-bond acceptors (Lipinski definition) is 5. The van der Waals surface area contributed by atoms with Crippen LogP contribution in [-0.4, -0.2) is 25.3 Å². The van der Waals surface area contributed by atoms with E-state index in [9.17, 15) is 9.59 Å². The van der Waals surface area contributed by atoms with Gasteiger partial charge in [-0.05, 0) is 25.0 Å². The van der Waals surface area contributed by atoms with E-state index in [0.29, 0.717) is 23.7 Å². The molecule has 0 spiro atoms. The number of hydrogen-bond donors (Lipinski definition) is 2. The highest BCUT2D eigenvalue weighted by Crippen LogP contribution is 2.18. The molecule has 0 aliphatic rings. The zero-order chi connectivity index (χ0) is 21.3. The molecule has 0 radical (unpaired) electrons. The highest BCUT2D eigenvalue weighted by Gasteiger charge is 2.17. The molecule has 4 aromatic rings. The molecular formula is C22H22N6O2. The van der Waals surface area contributed by atoms with Crippen LogP contribution < -0.4 is 16.7 Å². The highest BCUT2D eigenvalue weighted by molar-refractivity contribution is 5.80. The second-order valence-corrected chi connectivity index (χ2v) is 7.28. The summed E-state index contributed by atoms with van der Waals surface area (Å²) in [7, 11) is 1.57. The van der Waals surface area contributed by atoms with Crippen LogP contribution in [0.3, 0.4) is 0 Å². The third-order valence-electron chi connectivity index (χ3n) is 4.92. The molecule has 30 heavy (non-hydrogen) atoms. The first-order chi connectivity index (χ1) is 14.4. The summed E-state index contributed by atoms with van der Waals surface area (Å²) < 4.78 is 3.04. The lowest BCUT2D eigenvalue weighted by Gasteiger charge is -2.08. The van der Waals surface area contributed by atoms with Crippen LogP contribution in [0.4, 0.5) is 5.95 Å². The number of benzene rings is 2. The van der Waals surface area contributed by atoms with E-state index >= 15 is 0 Å². The van der Waals surface area contributed by atoms with Gasteiger partial charge in [0.15, 0.2) is 11.2 Å². The van der Waals surface area contributed by atoms with Gasteiger partial charge >= 0.3 is 5.69 Å². The Bertz CT molecular complexity index is 1340. The molecule has 0 unspecified atom stereocenters. The van der Waals surface area contributed by atoms with Crippen LogP contribution in [0.2, 0.25) is 0 Å². The molecule has 2 heterocycles. The molecule has 0 amide bonds. The van der Waals surface area contributed by atoms with Crippen LogP contribution in [0.1, 0.15) is 22.3 Å². The van der Waals surface area contributed by atoms with Gasteiger partial charge in [-0.2, -0.15) is 10.1 Å². The molecule has 0 bridgehead atoms. The Morgan fingerprint density at radius 3 is 2.33 bits per heavy atom. The van der Waals surface area contributed by atoms with E-state index in [1.54, 1.807) is 17.8 Å². The van der Waals surface area contributed by atoms with Crippen LogP contribution in [0.15, 0.2) is 63.2 Å². The van der Waals surface area contributed by atoms with Crippen molar-refractivity contribution >= 4 is 23.3 Å². The smallest absolute Gasteiger partial charge is 0.298 e. The molecule has 8 nitrogen and oxygen atoms in total. The largest absolute Gasteiger partial charge is 0.329 e.